The number of benzene rings is 2. The standard InChI is InChI=1S/C21H20N2O2.HI/c1-23-11-10-13-6-2-3-7-14(13)20(23)19-16(12-18(23)21(24)25)15-8-4-5-9-17(15)22-19;/h2-9,18,20,22H,10-12H2,1H3;1H. The Morgan fingerprint density at radius 1 is 1.15 bits per heavy atom. The van der Waals surface area contributed by atoms with E-state index < -0.39 is 12.0 Å². The molecule has 4 nitrogen and oxygen atoms in total. The molecule has 3 heterocycles. The summed E-state index contributed by atoms with van der Waals surface area (Å²) in [5.74, 6) is -0.692. The number of aromatic nitrogens is 1. The molecule has 0 saturated carbocycles. The molecule has 1 aromatic heterocycles. The van der Waals surface area contributed by atoms with Crippen molar-refractivity contribution in [3.05, 3.63) is 70.9 Å². The number of hydrogen-bond acceptors (Lipinski definition) is 1. The van der Waals surface area contributed by atoms with E-state index in [1.165, 1.54) is 22.4 Å². The van der Waals surface area contributed by atoms with E-state index in [9.17, 15) is 9.90 Å². The minimum absolute atomic E-state index is 0. The molecule has 3 aromatic rings. The summed E-state index contributed by atoms with van der Waals surface area (Å²) in [7, 11) is 2.12. The van der Waals surface area contributed by atoms with Gasteiger partial charge in [-0.25, -0.2) is 4.79 Å². The number of halogens is 1. The third-order valence-electron chi connectivity index (χ3n) is 6.32. The summed E-state index contributed by atoms with van der Waals surface area (Å²) in [5.41, 5.74) is 6.11. The summed E-state index contributed by atoms with van der Waals surface area (Å²) in [4.78, 5) is 15.8. The molecule has 0 saturated heterocycles. The van der Waals surface area contributed by atoms with E-state index in [2.05, 4.69) is 48.4 Å². The first-order chi connectivity index (χ1) is 12.1. The molecule has 2 aliphatic heterocycles. The van der Waals surface area contributed by atoms with Crippen LogP contribution in [0.1, 0.15) is 28.4 Å². The number of aromatic amines is 1. The van der Waals surface area contributed by atoms with Crippen LogP contribution in [0.3, 0.4) is 0 Å². The zero-order chi connectivity index (χ0) is 17.2. The summed E-state index contributed by atoms with van der Waals surface area (Å²) < 4.78 is 0.548. The van der Waals surface area contributed by atoms with Gasteiger partial charge in [-0.2, -0.15) is 0 Å². The first-order valence-electron chi connectivity index (χ1n) is 8.84. The predicted molar refractivity (Wildman–Crippen MR) is 96.5 cm³/mol. The Bertz CT molecular complexity index is 1010. The molecule has 5 rings (SSSR count). The molecule has 26 heavy (non-hydrogen) atoms. The number of likely N-dealkylation sites (N-methyl/N-ethyl adjacent to an activating group) is 1. The maximum Gasteiger partial charge on any atom is 0.362 e. The Morgan fingerprint density at radius 3 is 2.69 bits per heavy atom. The number of carboxylic acids is 1. The lowest BCUT2D eigenvalue weighted by molar-refractivity contribution is -0.953. The number of hydrogen-bond donors (Lipinski definition) is 2. The molecule has 3 atom stereocenters. The highest BCUT2D eigenvalue weighted by atomic mass is 127. The number of nitrogens with zero attached hydrogens (tertiary/aromatic N) is 1. The Morgan fingerprint density at radius 2 is 1.88 bits per heavy atom. The molecule has 5 heteroatoms. The molecule has 2 aromatic carbocycles. The summed E-state index contributed by atoms with van der Waals surface area (Å²) in [6.45, 7) is 0.855. The Hall–Kier alpha value is -1.86. The lowest BCUT2D eigenvalue weighted by atomic mass is 9.80. The number of nitrogens with one attached hydrogen (secondary N) is 1. The fourth-order valence-electron chi connectivity index (χ4n) is 5.04. The highest BCUT2D eigenvalue weighted by Crippen LogP contribution is 2.48. The van der Waals surface area contributed by atoms with Crippen LogP contribution in [-0.2, 0) is 17.6 Å². The Labute approximate surface area is 169 Å². The third-order valence-corrected chi connectivity index (χ3v) is 6.32. The van der Waals surface area contributed by atoms with E-state index >= 15 is 0 Å². The minimum atomic E-state index is -0.692. The molecular formula is C21H21IN2O2. The fraction of sp³-hybridized carbons (Fsp3) is 0.286. The molecule has 2 N–H and O–H groups in total. The maximum atomic E-state index is 12.2. The summed E-state index contributed by atoms with van der Waals surface area (Å²) >= 11 is 0. The van der Waals surface area contributed by atoms with Crippen LogP contribution in [0.2, 0.25) is 0 Å². The Kier molecular flexibility index (Phi) is 4.11. The molecule has 0 radical (unpaired) electrons. The number of para-hydroxylation sites is 1. The zero-order valence-electron chi connectivity index (χ0n) is 14.6. The molecule has 0 fully saturated rings. The van der Waals surface area contributed by atoms with Crippen molar-refractivity contribution in [1.82, 2.24) is 4.98 Å². The first kappa shape index (κ1) is 17.5. The van der Waals surface area contributed by atoms with Gasteiger partial charge in [-0.1, -0.05) is 42.5 Å². The number of carboxylic acid groups (broad SMARTS) is 1. The van der Waals surface area contributed by atoms with Gasteiger partial charge in [0.2, 0.25) is 0 Å². The molecule has 3 unspecified atom stereocenters. The number of aliphatic carboxylic acids is 1. The van der Waals surface area contributed by atoms with Crippen molar-refractivity contribution in [2.45, 2.75) is 24.9 Å². The number of H-pyrrole nitrogens is 1. The second kappa shape index (κ2) is 6.09. The number of quaternary nitrogens is 1. The van der Waals surface area contributed by atoms with Crippen molar-refractivity contribution < 1.29 is 38.4 Å². The summed E-state index contributed by atoms with van der Waals surface area (Å²) in [5, 5.41) is 11.2. The van der Waals surface area contributed by atoms with Gasteiger partial charge in [-0.15, -0.1) is 0 Å². The van der Waals surface area contributed by atoms with E-state index in [4.69, 9.17) is 0 Å². The van der Waals surface area contributed by atoms with Crippen LogP contribution in [0.5, 0.6) is 0 Å². The van der Waals surface area contributed by atoms with Crippen LogP contribution in [0.15, 0.2) is 48.5 Å². The largest absolute Gasteiger partial charge is 1.00 e. The second-order valence-corrected chi connectivity index (χ2v) is 7.54. The number of carbonyl (C=O) groups is 1. The van der Waals surface area contributed by atoms with Gasteiger partial charge in [0.1, 0.15) is 0 Å². The van der Waals surface area contributed by atoms with Gasteiger partial charge < -0.3 is 38.6 Å². The van der Waals surface area contributed by atoms with Crippen molar-refractivity contribution in [1.29, 1.82) is 0 Å². The van der Waals surface area contributed by atoms with Gasteiger partial charge in [0, 0.05) is 29.3 Å². The SMILES string of the molecule is C[N+]12CCc3ccccc3C1c1[nH]c3ccccc3c1CC2C(=O)O.[I-]. The van der Waals surface area contributed by atoms with Crippen LogP contribution in [-0.4, -0.2) is 40.2 Å². The monoisotopic (exact) mass is 460 g/mol. The van der Waals surface area contributed by atoms with E-state index in [0.29, 0.717) is 10.9 Å². The normalized spacial score (nSPS) is 26.3. The highest BCUT2D eigenvalue weighted by Gasteiger charge is 2.53. The van der Waals surface area contributed by atoms with Crippen LogP contribution in [0.25, 0.3) is 10.9 Å². The summed E-state index contributed by atoms with van der Waals surface area (Å²) in [6.07, 6.45) is 1.52. The topological polar surface area (TPSA) is 53.1 Å². The molecule has 134 valence electrons. The van der Waals surface area contributed by atoms with Gasteiger partial charge >= 0.3 is 5.97 Å². The molecule has 0 spiro atoms. The van der Waals surface area contributed by atoms with E-state index in [1.54, 1.807) is 0 Å². The highest BCUT2D eigenvalue weighted by molar-refractivity contribution is 5.86. The van der Waals surface area contributed by atoms with Gasteiger partial charge in [-0.3, -0.25) is 0 Å². The van der Waals surface area contributed by atoms with E-state index in [-0.39, 0.29) is 30.0 Å². The quantitative estimate of drug-likeness (QED) is 0.405. The molecule has 0 aliphatic carbocycles. The van der Waals surface area contributed by atoms with Crippen molar-refractivity contribution in [3.63, 3.8) is 0 Å². The van der Waals surface area contributed by atoms with Crippen LogP contribution in [0, 0.1) is 0 Å². The molecule has 0 amide bonds. The number of rotatable bonds is 1. The van der Waals surface area contributed by atoms with Crippen molar-refractivity contribution in [2.24, 2.45) is 0 Å². The van der Waals surface area contributed by atoms with Crippen molar-refractivity contribution >= 4 is 16.9 Å². The van der Waals surface area contributed by atoms with Crippen LogP contribution < -0.4 is 24.0 Å². The molecule has 0 bridgehead atoms. The average Bonchev–Trinajstić information content (AvgIpc) is 2.98. The van der Waals surface area contributed by atoms with Gasteiger partial charge in [0.25, 0.3) is 0 Å². The Balaban J connectivity index is 0.00000168. The van der Waals surface area contributed by atoms with E-state index in [0.717, 1.165) is 23.9 Å². The van der Waals surface area contributed by atoms with Crippen LogP contribution in [0.4, 0.5) is 0 Å². The predicted octanol–water partition coefficient (Wildman–Crippen LogP) is 0.273. The van der Waals surface area contributed by atoms with Crippen LogP contribution >= 0.6 is 0 Å². The third kappa shape index (κ3) is 2.26. The van der Waals surface area contributed by atoms with E-state index in [1.807, 2.05) is 12.1 Å². The van der Waals surface area contributed by atoms with Gasteiger partial charge in [0.05, 0.1) is 19.3 Å². The second-order valence-electron chi connectivity index (χ2n) is 7.54. The molecular weight excluding hydrogens is 439 g/mol. The number of fused-ring (bicyclic) bond motifs is 7. The first-order valence-corrected chi connectivity index (χ1v) is 8.84. The fourth-order valence-corrected chi connectivity index (χ4v) is 5.04. The average molecular weight is 460 g/mol. The lowest BCUT2D eigenvalue weighted by Gasteiger charge is -2.51. The van der Waals surface area contributed by atoms with Crippen molar-refractivity contribution in [3.8, 4) is 0 Å². The summed E-state index contributed by atoms with van der Waals surface area (Å²) in [6, 6.07) is 16.4. The minimum Gasteiger partial charge on any atom is -1.00 e. The lowest BCUT2D eigenvalue weighted by Crippen LogP contribution is -3.00. The zero-order valence-corrected chi connectivity index (χ0v) is 16.7. The maximum absolute atomic E-state index is 12.2. The van der Waals surface area contributed by atoms with Gasteiger partial charge in [-0.05, 0) is 17.2 Å². The van der Waals surface area contributed by atoms with Crippen molar-refractivity contribution in [2.75, 3.05) is 13.6 Å². The van der Waals surface area contributed by atoms with Gasteiger partial charge in [0.15, 0.2) is 12.1 Å². The smallest absolute Gasteiger partial charge is 0.362 e. The molecule has 2 aliphatic rings.